The third kappa shape index (κ3) is 2.99. The fourth-order valence-electron chi connectivity index (χ4n) is 2.62. The number of thiazole rings is 1. The number of aryl methyl sites for hydroxylation is 4. The Labute approximate surface area is 139 Å². The molecule has 0 atom stereocenters. The van der Waals surface area contributed by atoms with Gasteiger partial charge in [-0.05, 0) is 49.6 Å². The van der Waals surface area contributed by atoms with E-state index in [0.29, 0.717) is 5.56 Å². The molecule has 0 aliphatic heterocycles. The van der Waals surface area contributed by atoms with Crippen LogP contribution in [0.5, 0.6) is 0 Å². The van der Waals surface area contributed by atoms with Crippen molar-refractivity contribution in [2.75, 3.05) is 0 Å². The number of amides is 1. The lowest BCUT2D eigenvalue weighted by Gasteiger charge is -2.02. The maximum atomic E-state index is 12.6. The maximum Gasteiger partial charge on any atom is 0.279 e. The number of nitrogens with zero attached hydrogens (tertiary/aromatic N) is 2. The van der Waals surface area contributed by atoms with Crippen molar-refractivity contribution in [1.29, 1.82) is 0 Å². The highest BCUT2D eigenvalue weighted by Crippen LogP contribution is 2.19. The molecule has 1 amide bonds. The Kier molecular flexibility index (Phi) is 4.18. The molecule has 0 saturated carbocycles. The summed E-state index contributed by atoms with van der Waals surface area (Å²) >= 11 is 1.56. The zero-order chi connectivity index (χ0) is 16.6. The van der Waals surface area contributed by atoms with Gasteiger partial charge < -0.3 is 4.57 Å². The second kappa shape index (κ2) is 6.13. The van der Waals surface area contributed by atoms with E-state index in [1.165, 1.54) is 10.3 Å². The molecule has 0 aliphatic carbocycles. The SMILES string of the molecule is CCc1ccc2c(c1)sc(=NC(=O)c1cc(C)ccc1C)n2C. The molecule has 0 fully saturated rings. The Morgan fingerprint density at radius 3 is 2.70 bits per heavy atom. The Bertz CT molecular complexity index is 963. The summed E-state index contributed by atoms with van der Waals surface area (Å²) in [6.45, 7) is 6.08. The van der Waals surface area contributed by atoms with Gasteiger partial charge in [-0.15, -0.1) is 0 Å². The van der Waals surface area contributed by atoms with Crippen molar-refractivity contribution >= 4 is 27.5 Å². The van der Waals surface area contributed by atoms with Crippen LogP contribution in [0.2, 0.25) is 0 Å². The topological polar surface area (TPSA) is 34.4 Å². The van der Waals surface area contributed by atoms with Gasteiger partial charge in [0.2, 0.25) is 0 Å². The van der Waals surface area contributed by atoms with E-state index in [0.717, 1.165) is 27.9 Å². The van der Waals surface area contributed by atoms with Crippen molar-refractivity contribution in [2.45, 2.75) is 27.2 Å². The molecule has 3 aromatic rings. The van der Waals surface area contributed by atoms with E-state index in [1.54, 1.807) is 11.3 Å². The molecule has 0 unspecified atom stereocenters. The summed E-state index contributed by atoms with van der Waals surface area (Å²) in [7, 11) is 1.96. The molecule has 2 aromatic carbocycles. The van der Waals surface area contributed by atoms with Gasteiger partial charge in [-0.3, -0.25) is 4.79 Å². The molecule has 0 aliphatic rings. The number of carbonyl (C=O) groups is 1. The van der Waals surface area contributed by atoms with Gasteiger partial charge in [-0.25, -0.2) is 0 Å². The molecule has 4 heteroatoms. The molecule has 0 N–H and O–H groups in total. The van der Waals surface area contributed by atoms with Gasteiger partial charge in [-0.1, -0.05) is 42.0 Å². The predicted molar refractivity (Wildman–Crippen MR) is 96.0 cm³/mol. The normalized spacial score (nSPS) is 12.1. The molecule has 23 heavy (non-hydrogen) atoms. The monoisotopic (exact) mass is 324 g/mol. The Morgan fingerprint density at radius 2 is 1.96 bits per heavy atom. The van der Waals surface area contributed by atoms with Crippen LogP contribution in [0.25, 0.3) is 10.2 Å². The van der Waals surface area contributed by atoms with Crippen LogP contribution < -0.4 is 4.80 Å². The lowest BCUT2D eigenvalue weighted by atomic mass is 10.1. The minimum absolute atomic E-state index is 0.177. The smallest absolute Gasteiger partial charge is 0.279 e. The zero-order valence-electron chi connectivity index (χ0n) is 13.9. The summed E-state index contributed by atoms with van der Waals surface area (Å²) in [5.74, 6) is -0.177. The molecule has 3 rings (SSSR count). The van der Waals surface area contributed by atoms with Gasteiger partial charge >= 0.3 is 0 Å². The number of hydrogen-bond acceptors (Lipinski definition) is 2. The first-order valence-corrected chi connectivity index (χ1v) is 8.56. The fourth-order valence-corrected chi connectivity index (χ4v) is 3.70. The number of carbonyl (C=O) groups excluding carboxylic acids is 1. The number of rotatable bonds is 2. The summed E-state index contributed by atoms with van der Waals surface area (Å²) in [5.41, 5.74) is 5.12. The van der Waals surface area contributed by atoms with Gasteiger partial charge in [0.15, 0.2) is 4.80 Å². The summed E-state index contributed by atoms with van der Waals surface area (Å²) in [6, 6.07) is 12.3. The highest BCUT2D eigenvalue weighted by Gasteiger charge is 2.10. The summed E-state index contributed by atoms with van der Waals surface area (Å²) in [5, 5.41) is 0. The molecule has 0 spiro atoms. The second-order valence-electron chi connectivity index (χ2n) is 5.83. The highest BCUT2D eigenvalue weighted by molar-refractivity contribution is 7.16. The van der Waals surface area contributed by atoms with Crippen LogP contribution in [-0.4, -0.2) is 10.5 Å². The Morgan fingerprint density at radius 1 is 1.17 bits per heavy atom. The van der Waals surface area contributed by atoms with E-state index in [1.807, 2.05) is 43.7 Å². The van der Waals surface area contributed by atoms with Crippen LogP contribution in [0, 0.1) is 13.8 Å². The molecular weight excluding hydrogens is 304 g/mol. The lowest BCUT2D eigenvalue weighted by Crippen LogP contribution is -2.13. The van der Waals surface area contributed by atoms with E-state index in [4.69, 9.17) is 0 Å². The quantitative estimate of drug-likeness (QED) is 0.697. The molecular formula is C19H20N2OS. The van der Waals surface area contributed by atoms with Gasteiger partial charge in [0, 0.05) is 12.6 Å². The fraction of sp³-hybridized carbons (Fsp3) is 0.263. The van der Waals surface area contributed by atoms with Crippen LogP contribution in [0.1, 0.15) is 34.0 Å². The average Bonchev–Trinajstić information content (AvgIpc) is 2.85. The van der Waals surface area contributed by atoms with Crippen LogP contribution in [0.15, 0.2) is 41.4 Å². The van der Waals surface area contributed by atoms with E-state index in [-0.39, 0.29) is 5.91 Å². The van der Waals surface area contributed by atoms with E-state index >= 15 is 0 Å². The molecule has 0 radical (unpaired) electrons. The average molecular weight is 324 g/mol. The van der Waals surface area contributed by atoms with Crippen LogP contribution >= 0.6 is 11.3 Å². The van der Waals surface area contributed by atoms with Crippen molar-refractivity contribution in [1.82, 2.24) is 4.57 Å². The van der Waals surface area contributed by atoms with Crippen LogP contribution in [-0.2, 0) is 13.5 Å². The molecule has 118 valence electrons. The number of benzene rings is 2. The standard InChI is InChI=1S/C19H20N2OS/c1-5-14-8-9-16-17(11-14)23-19(21(16)4)20-18(22)15-10-12(2)6-7-13(15)3/h6-11H,5H2,1-4H3. The molecule has 3 nitrogen and oxygen atoms in total. The summed E-state index contributed by atoms with van der Waals surface area (Å²) in [6.07, 6.45) is 1.01. The van der Waals surface area contributed by atoms with Crippen LogP contribution in [0.3, 0.4) is 0 Å². The Hall–Kier alpha value is -2.20. The van der Waals surface area contributed by atoms with Crippen LogP contribution in [0.4, 0.5) is 0 Å². The highest BCUT2D eigenvalue weighted by atomic mass is 32.1. The second-order valence-corrected chi connectivity index (χ2v) is 6.84. The first-order chi connectivity index (χ1) is 11.0. The van der Waals surface area contributed by atoms with Crippen molar-refractivity contribution in [3.05, 3.63) is 63.5 Å². The number of aromatic nitrogens is 1. The van der Waals surface area contributed by atoms with E-state index in [9.17, 15) is 4.79 Å². The number of fused-ring (bicyclic) bond motifs is 1. The van der Waals surface area contributed by atoms with E-state index in [2.05, 4.69) is 30.1 Å². The van der Waals surface area contributed by atoms with Crippen molar-refractivity contribution in [2.24, 2.45) is 12.0 Å². The summed E-state index contributed by atoms with van der Waals surface area (Å²) in [4.78, 5) is 17.7. The minimum Gasteiger partial charge on any atom is -0.319 e. The molecule has 1 heterocycles. The van der Waals surface area contributed by atoms with Crippen molar-refractivity contribution in [3.63, 3.8) is 0 Å². The van der Waals surface area contributed by atoms with Crippen molar-refractivity contribution in [3.8, 4) is 0 Å². The third-order valence-electron chi connectivity index (χ3n) is 4.10. The molecule has 0 bridgehead atoms. The minimum atomic E-state index is -0.177. The van der Waals surface area contributed by atoms with E-state index < -0.39 is 0 Å². The molecule has 0 saturated heterocycles. The maximum absolute atomic E-state index is 12.6. The zero-order valence-corrected chi connectivity index (χ0v) is 14.7. The van der Waals surface area contributed by atoms with Gasteiger partial charge in [0.25, 0.3) is 5.91 Å². The van der Waals surface area contributed by atoms with Gasteiger partial charge in [-0.2, -0.15) is 4.99 Å². The van der Waals surface area contributed by atoms with Gasteiger partial charge in [0.1, 0.15) is 0 Å². The number of hydrogen-bond donors (Lipinski definition) is 0. The van der Waals surface area contributed by atoms with Gasteiger partial charge in [0.05, 0.1) is 10.2 Å². The predicted octanol–water partition coefficient (Wildman–Crippen LogP) is 4.16. The first kappa shape index (κ1) is 15.7. The largest absolute Gasteiger partial charge is 0.319 e. The Balaban J connectivity index is 2.12. The van der Waals surface area contributed by atoms with Crippen molar-refractivity contribution < 1.29 is 4.79 Å². The third-order valence-corrected chi connectivity index (χ3v) is 5.20. The summed E-state index contributed by atoms with van der Waals surface area (Å²) < 4.78 is 3.15. The molecule has 1 aromatic heterocycles. The first-order valence-electron chi connectivity index (χ1n) is 7.74. The lowest BCUT2D eigenvalue weighted by molar-refractivity contribution is 0.0997.